The Morgan fingerprint density at radius 1 is 0.957 bits per heavy atom. The summed E-state index contributed by atoms with van der Waals surface area (Å²) in [6.07, 6.45) is 9.38. The monoisotopic (exact) mass is 317 g/mol. The fourth-order valence-electron chi connectivity index (χ4n) is 3.60. The summed E-state index contributed by atoms with van der Waals surface area (Å²) in [5.74, 6) is 1.67. The molecule has 1 aliphatic rings. The van der Waals surface area contributed by atoms with Crippen molar-refractivity contribution in [1.82, 2.24) is 5.32 Å². The minimum atomic E-state index is 0.327. The number of benzene rings is 1. The maximum atomic E-state index is 3.69. The van der Waals surface area contributed by atoms with Crippen LogP contribution in [0.5, 0.6) is 0 Å². The van der Waals surface area contributed by atoms with E-state index in [9.17, 15) is 0 Å². The van der Waals surface area contributed by atoms with Gasteiger partial charge in [0, 0.05) is 5.54 Å². The van der Waals surface area contributed by atoms with Crippen molar-refractivity contribution >= 4 is 0 Å². The van der Waals surface area contributed by atoms with Gasteiger partial charge in [-0.1, -0.05) is 83.2 Å². The molecule has 1 N–H and O–H groups in total. The number of rotatable bonds is 6. The zero-order chi connectivity index (χ0) is 17.1. The van der Waals surface area contributed by atoms with E-state index in [0.29, 0.717) is 5.54 Å². The topological polar surface area (TPSA) is 12.0 Å². The molecule has 1 aromatic carbocycles. The van der Waals surface area contributed by atoms with Crippen molar-refractivity contribution in [1.29, 1.82) is 0 Å². The fraction of sp³-hybridized carbons (Fsp3) is 0.727. The van der Waals surface area contributed by atoms with Gasteiger partial charge in [-0.05, 0) is 50.6 Å². The molecule has 0 amide bonds. The van der Waals surface area contributed by atoms with E-state index in [0.717, 1.165) is 11.8 Å². The minimum Gasteiger partial charge on any atom is -0.311 e. The van der Waals surface area contributed by atoms with Gasteiger partial charge in [0.2, 0.25) is 0 Å². The Labute approximate surface area is 145 Å². The van der Waals surface area contributed by atoms with E-state index in [1.54, 1.807) is 0 Å². The third kappa shape index (κ3) is 8.01. The summed E-state index contributed by atoms with van der Waals surface area (Å²) >= 11 is 0. The summed E-state index contributed by atoms with van der Waals surface area (Å²) in [7, 11) is 0. The quantitative estimate of drug-likeness (QED) is 0.613. The molecule has 1 aromatic rings. The third-order valence-electron chi connectivity index (χ3n) is 5.10. The van der Waals surface area contributed by atoms with E-state index in [4.69, 9.17) is 0 Å². The molecule has 2 atom stereocenters. The van der Waals surface area contributed by atoms with Crippen LogP contribution in [0.4, 0.5) is 0 Å². The number of hydrogen-bond donors (Lipinski definition) is 1. The molecule has 2 rings (SSSR count). The average molecular weight is 318 g/mol. The van der Waals surface area contributed by atoms with Crippen molar-refractivity contribution in [2.24, 2.45) is 11.8 Å². The Bertz CT molecular complexity index is 392. The van der Waals surface area contributed by atoms with Gasteiger partial charge in [0.05, 0.1) is 0 Å². The molecule has 0 aliphatic carbocycles. The van der Waals surface area contributed by atoms with E-state index >= 15 is 0 Å². The van der Waals surface area contributed by atoms with E-state index in [1.165, 1.54) is 57.1 Å². The molecule has 1 saturated heterocycles. The summed E-state index contributed by atoms with van der Waals surface area (Å²) in [5.41, 5.74) is 1.81. The second-order valence-corrected chi connectivity index (χ2v) is 7.79. The number of nitrogens with one attached hydrogen (secondary N) is 1. The first-order valence-electron chi connectivity index (χ1n) is 9.81. The van der Waals surface area contributed by atoms with Crippen molar-refractivity contribution < 1.29 is 0 Å². The van der Waals surface area contributed by atoms with Crippen LogP contribution >= 0.6 is 0 Å². The lowest BCUT2D eigenvalue weighted by Crippen LogP contribution is -2.51. The molecule has 0 radical (unpaired) electrons. The molecule has 1 nitrogen and oxygen atoms in total. The Morgan fingerprint density at radius 3 is 2.09 bits per heavy atom. The van der Waals surface area contributed by atoms with Crippen LogP contribution in [0.1, 0.15) is 78.7 Å². The number of unbranched alkanes of at least 4 members (excludes halogenated alkanes) is 3. The van der Waals surface area contributed by atoms with Gasteiger partial charge in [-0.25, -0.2) is 0 Å². The van der Waals surface area contributed by atoms with Gasteiger partial charge in [0.25, 0.3) is 0 Å². The summed E-state index contributed by atoms with van der Waals surface area (Å²) in [6.45, 7) is 12.6. The van der Waals surface area contributed by atoms with Gasteiger partial charge in [0.15, 0.2) is 0 Å². The number of hydrogen-bond acceptors (Lipinski definition) is 1. The minimum absolute atomic E-state index is 0.327. The van der Waals surface area contributed by atoms with Gasteiger partial charge < -0.3 is 5.32 Å². The highest BCUT2D eigenvalue weighted by Gasteiger charge is 2.33. The van der Waals surface area contributed by atoms with Crippen molar-refractivity contribution in [3.63, 3.8) is 0 Å². The Kier molecular flexibility index (Phi) is 9.55. The highest BCUT2D eigenvalue weighted by atomic mass is 15.0. The van der Waals surface area contributed by atoms with E-state index in [-0.39, 0.29) is 0 Å². The maximum absolute atomic E-state index is 3.69. The lowest BCUT2D eigenvalue weighted by Gasteiger charge is -2.41. The first-order valence-corrected chi connectivity index (χ1v) is 9.81. The van der Waals surface area contributed by atoms with E-state index < -0.39 is 0 Å². The van der Waals surface area contributed by atoms with Gasteiger partial charge in [0.1, 0.15) is 0 Å². The zero-order valence-electron chi connectivity index (χ0n) is 16.2. The van der Waals surface area contributed by atoms with E-state index in [2.05, 4.69) is 70.3 Å². The van der Waals surface area contributed by atoms with Gasteiger partial charge >= 0.3 is 0 Å². The highest BCUT2D eigenvalue weighted by Crippen LogP contribution is 2.32. The summed E-state index contributed by atoms with van der Waals surface area (Å²) in [5, 5.41) is 3.69. The van der Waals surface area contributed by atoms with Crippen LogP contribution in [-0.2, 0) is 6.42 Å². The van der Waals surface area contributed by atoms with Gasteiger partial charge in [-0.15, -0.1) is 0 Å². The predicted octanol–water partition coefficient (Wildman–Crippen LogP) is 6.23. The normalized spacial score (nSPS) is 23.0. The molecule has 0 aromatic heterocycles. The summed E-state index contributed by atoms with van der Waals surface area (Å²) < 4.78 is 0. The largest absolute Gasteiger partial charge is 0.311 e. The average Bonchev–Trinajstić information content (AvgIpc) is 2.56. The first-order chi connectivity index (χ1) is 11.0. The third-order valence-corrected chi connectivity index (χ3v) is 5.10. The Morgan fingerprint density at radius 2 is 1.57 bits per heavy atom. The van der Waals surface area contributed by atoms with Crippen LogP contribution in [0, 0.1) is 11.8 Å². The molecule has 1 aliphatic heterocycles. The molecular weight excluding hydrogens is 278 g/mol. The summed E-state index contributed by atoms with van der Waals surface area (Å²) in [6, 6.07) is 10.9. The van der Waals surface area contributed by atoms with Crippen LogP contribution in [0.15, 0.2) is 30.3 Å². The molecule has 23 heavy (non-hydrogen) atoms. The van der Waals surface area contributed by atoms with Crippen LogP contribution < -0.4 is 5.32 Å². The second-order valence-electron chi connectivity index (χ2n) is 7.79. The maximum Gasteiger partial charge on any atom is 0.0128 e. The molecule has 2 unspecified atom stereocenters. The molecule has 0 saturated carbocycles. The van der Waals surface area contributed by atoms with Crippen molar-refractivity contribution in [2.45, 2.75) is 85.1 Å². The lowest BCUT2D eigenvalue weighted by molar-refractivity contribution is 0.154. The lowest BCUT2D eigenvalue weighted by atomic mass is 9.74. The molecule has 1 heterocycles. The predicted molar refractivity (Wildman–Crippen MR) is 104 cm³/mol. The van der Waals surface area contributed by atoms with Crippen LogP contribution in [0.2, 0.25) is 0 Å². The van der Waals surface area contributed by atoms with Crippen molar-refractivity contribution in [3.8, 4) is 0 Å². The Balaban J connectivity index is 0.000000379. The molecule has 1 fully saturated rings. The second kappa shape index (κ2) is 10.9. The molecule has 1 heteroatoms. The molecule has 0 spiro atoms. The standard InChI is InChI=1S/C16H25N.C6H14/c1-4-14-11-16(2,3)17-12-15(14)10-13-8-6-5-7-9-13;1-3-5-6-4-2/h5-9,14-15,17H,4,10-12H2,1-3H3;3-6H2,1-2H3. The molecule has 0 bridgehead atoms. The zero-order valence-corrected chi connectivity index (χ0v) is 16.2. The molecular formula is C22H39N. The van der Waals surface area contributed by atoms with Crippen LogP contribution in [0.25, 0.3) is 0 Å². The number of piperidine rings is 1. The van der Waals surface area contributed by atoms with E-state index in [1.807, 2.05) is 0 Å². The highest BCUT2D eigenvalue weighted by molar-refractivity contribution is 5.16. The Hall–Kier alpha value is -0.820. The summed E-state index contributed by atoms with van der Waals surface area (Å²) in [4.78, 5) is 0. The van der Waals surface area contributed by atoms with Crippen molar-refractivity contribution in [3.05, 3.63) is 35.9 Å². The van der Waals surface area contributed by atoms with Gasteiger partial charge in [-0.2, -0.15) is 0 Å². The van der Waals surface area contributed by atoms with Crippen LogP contribution in [0.3, 0.4) is 0 Å². The van der Waals surface area contributed by atoms with Crippen LogP contribution in [-0.4, -0.2) is 12.1 Å². The molecule has 132 valence electrons. The smallest absolute Gasteiger partial charge is 0.0128 e. The SMILES string of the molecule is CCC1CC(C)(C)NCC1Cc1ccccc1.CCCCCC. The first kappa shape index (κ1) is 20.2. The fourth-order valence-corrected chi connectivity index (χ4v) is 3.60. The van der Waals surface area contributed by atoms with Crippen molar-refractivity contribution in [2.75, 3.05) is 6.54 Å². The van der Waals surface area contributed by atoms with Gasteiger partial charge in [-0.3, -0.25) is 0 Å².